The topological polar surface area (TPSA) is 73.2 Å². The highest BCUT2D eigenvalue weighted by Gasteiger charge is 2.32. The summed E-state index contributed by atoms with van der Waals surface area (Å²) in [6.45, 7) is 4.65. The van der Waals surface area contributed by atoms with E-state index in [2.05, 4.69) is 11.4 Å². The number of anilines is 2. The standard InChI is InChI=1S/C24H27N3O2/c1-3-27(21-9-6-7-17(2)15-21)24(29)19-13-11-18(12-14-19)23(28)26-22-10-5-4-8-20(22)16-25/h4-10,15,18-19H,3,11-14H2,1-2H3,(H,26,28). The van der Waals surface area contributed by atoms with E-state index in [1.54, 1.807) is 24.3 Å². The number of nitriles is 1. The van der Waals surface area contributed by atoms with Crippen LogP contribution in [0.15, 0.2) is 48.5 Å². The van der Waals surface area contributed by atoms with Crippen LogP contribution in [0.1, 0.15) is 43.7 Å². The first-order chi connectivity index (χ1) is 14.0. The van der Waals surface area contributed by atoms with Gasteiger partial charge in [0, 0.05) is 24.1 Å². The van der Waals surface area contributed by atoms with E-state index in [1.165, 1.54) is 0 Å². The van der Waals surface area contributed by atoms with Gasteiger partial charge in [-0.25, -0.2) is 0 Å². The fourth-order valence-electron chi connectivity index (χ4n) is 4.01. The average molecular weight is 389 g/mol. The molecule has 0 aromatic heterocycles. The predicted molar refractivity (Wildman–Crippen MR) is 114 cm³/mol. The van der Waals surface area contributed by atoms with Crippen molar-refractivity contribution >= 4 is 23.2 Å². The Labute approximate surface area is 172 Å². The third kappa shape index (κ3) is 4.83. The molecule has 3 rings (SSSR count). The molecule has 1 aliphatic carbocycles. The van der Waals surface area contributed by atoms with E-state index in [-0.39, 0.29) is 23.7 Å². The molecule has 2 aromatic carbocycles. The summed E-state index contributed by atoms with van der Waals surface area (Å²) >= 11 is 0. The van der Waals surface area contributed by atoms with Crippen molar-refractivity contribution in [2.45, 2.75) is 39.5 Å². The number of carbonyl (C=O) groups is 2. The maximum absolute atomic E-state index is 13.1. The van der Waals surface area contributed by atoms with Crippen LogP contribution in [0.5, 0.6) is 0 Å². The molecule has 0 atom stereocenters. The molecule has 2 amide bonds. The molecule has 0 spiro atoms. The normalized spacial score (nSPS) is 18.5. The van der Waals surface area contributed by atoms with E-state index in [0.717, 1.165) is 11.3 Å². The number of nitrogens with one attached hydrogen (secondary N) is 1. The summed E-state index contributed by atoms with van der Waals surface area (Å²) in [6.07, 6.45) is 2.78. The summed E-state index contributed by atoms with van der Waals surface area (Å²) in [5, 5.41) is 12.1. The van der Waals surface area contributed by atoms with E-state index < -0.39 is 0 Å². The number of nitrogens with zero attached hydrogens (tertiary/aromatic N) is 2. The molecule has 2 aromatic rings. The average Bonchev–Trinajstić information content (AvgIpc) is 2.74. The molecule has 0 bridgehead atoms. The van der Waals surface area contributed by atoms with Crippen molar-refractivity contribution in [1.29, 1.82) is 5.26 Å². The van der Waals surface area contributed by atoms with Crippen molar-refractivity contribution < 1.29 is 9.59 Å². The first kappa shape index (κ1) is 20.6. The van der Waals surface area contributed by atoms with Crippen LogP contribution in [0.4, 0.5) is 11.4 Å². The quantitative estimate of drug-likeness (QED) is 0.808. The number of para-hydroxylation sites is 1. The number of benzene rings is 2. The molecular weight excluding hydrogens is 362 g/mol. The third-order valence-electron chi connectivity index (χ3n) is 5.65. The summed E-state index contributed by atoms with van der Waals surface area (Å²) in [4.78, 5) is 27.6. The summed E-state index contributed by atoms with van der Waals surface area (Å²) in [5.74, 6) is -0.0952. The molecule has 0 radical (unpaired) electrons. The van der Waals surface area contributed by atoms with Gasteiger partial charge in [-0.2, -0.15) is 5.26 Å². The van der Waals surface area contributed by atoms with E-state index in [9.17, 15) is 14.9 Å². The number of hydrogen-bond acceptors (Lipinski definition) is 3. The van der Waals surface area contributed by atoms with Crippen molar-refractivity contribution in [3.8, 4) is 6.07 Å². The molecule has 1 N–H and O–H groups in total. The first-order valence-electron chi connectivity index (χ1n) is 10.2. The maximum Gasteiger partial charge on any atom is 0.230 e. The highest BCUT2D eigenvalue weighted by atomic mass is 16.2. The monoisotopic (exact) mass is 389 g/mol. The number of carbonyl (C=O) groups excluding carboxylic acids is 2. The lowest BCUT2D eigenvalue weighted by Gasteiger charge is -2.31. The summed E-state index contributed by atoms with van der Waals surface area (Å²) in [7, 11) is 0. The molecule has 0 heterocycles. The molecule has 0 unspecified atom stereocenters. The Balaban J connectivity index is 1.60. The smallest absolute Gasteiger partial charge is 0.230 e. The van der Waals surface area contributed by atoms with Gasteiger partial charge in [0.1, 0.15) is 6.07 Å². The number of hydrogen-bond donors (Lipinski definition) is 1. The maximum atomic E-state index is 13.1. The van der Waals surface area contributed by atoms with Gasteiger partial charge >= 0.3 is 0 Å². The fraction of sp³-hybridized carbons (Fsp3) is 0.375. The lowest BCUT2D eigenvalue weighted by molar-refractivity contribution is -0.126. The van der Waals surface area contributed by atoms with Crippen molar-refractivity contribution in [2.75, 3.05) is 16.8 Å². The number of rotatable bonds is 5. The van der Waals surface area contributed by atoms with Crippen LogP contribution >= 0.6 is 0 Å². The van der Waals surface area contributed by atoms with Crippen molar-refractivity contribution in [2.24, 2.45) is 11.8 Å². The lowest BCUT2D eigenvalue weighted by atomic mass is 9.80. The van der Waals surface area contributed by atoms with Gasteiger partial charge in [0.15, 0.2) is 0 Å². The zero-order valence-electron chi connectivity index (χ0n) is 17.0. The minimum Gasteiger partial charge on any atom is -0.325 e. The Kier molecular flexibility index (Phi) is 6.66. The van der Waals surface area contributed by atoms with Gasteiger partial charge in [-0.1, -0.05) is 24.3 Å². The number of aryl methyl sites for hydroxylation is 1. The van der Waals surface area contributed by atoms with Gasteiger partial charge in [0.2, 0.25) is 11.8 Å². The predicted octanol–water partition coefficient (Wildman–Crippen LogP) is 4.66. The van der Waals surface area contributed by atoms with Gasteiger partial charge < -0.3 is 10.2 Å². The second kappa shape index (κ2) is 9.38. The lowest BCUT2D eigenvalue weighted by Crippen LogP contribution is -2.39. The van der Waals surface area contributed by atoms with Crippen LogP contribution in [-0.4, -0.2) is 18.4 Å². The van der Waals surface area contributed by atoms with Crippen LogP contribution in [0.3, 0.4) is 0 Å². The summed E-state index contributed by atoms with van der Waals surface area (Å²) in [5.41, 5.74) is 3.08. The zero-order chi connectivity index (χ0) is 20.8. The van der Waals surface area contributed by atoms with Gasteiger partial charge in [-0.15, -0.1) is 0 Å². The van der Waals surface area contributed by atoms with Crippen LogP contribution in [-0.2, 0) is 9.59 Å². The third-order valence-corrected chi connectivity index (χ3v) is 5.65. The Bertz CT molecular complexity index is 924. The van der Waals surface area contributed by atoms with Crippen LogP contribution in [0, 0.1) is 30.1 Å². The molecule has 5 heteroatoms. The Hall–Kier alpha value is -3.13. The van der Waals surface area contributed by atoms with Crippen molar-refractivity contribution in [3.63, 3.8) is 0 Å². The minimum absolute atomic E-state index is 0.0501. The fourth-order valence-corrected chi connectivity index (χ4v) is 4.01. The highest BCUT2D eigenvalue weighted by molar-refractivity contribution is 5.96. The molecule has 0 saturated heterocycles. The summed E-state index contributed by atoms with van der Waals surface area (Å²) in [6, 6.07) is 17.1. The van der Waals surface area contributed by atoms with Gasteiger partial charge in [0.25, 0.3) is 0 Å². The Morgan fingerprint density at radius 2 is 1.76 bits per heavy atom. The molecule has 150 valence electrons. The molecule has 29 heavy (non-hydrogen) atoms. The molecular formula is C24H27N3O2. The molecule has 1 fully saturated rings. The molecule has 1 aliphatic rings. The Morgan fingerprint density at radius 1 is 1.07 bits per heavy atom. The van der Waals surface area contributed by atoms with Gasteiger partial charge in [0.05, 0.1) is 11.3 Å². The summed E-state index contributed by atoms with van der Waals surface area (Å²) < 4.78 is 0. The Morgan fingerprint density at radius 3 is 2.41 bits per heavy atom. The zero-order valence-corrected chi connectivity index (χ0v) is 17.0. The number of amides is 2. The molecule has 1 saturated carbocycles. The minimum atomic E-state index is -0.125. The molecule has 5 nitrogen and oxygen atoms in total. The van der Waals surface area contributed by atoms with Crippen LogP contribution in [0.25, 0.3) is 0 Å². The van der Waals surface area contributed by atoms with E-state index in [4.69, 9.17) is 0 Å². The van der Waals surface area contributed by atoms with E-state index >= 15 is 0 Å². The second-order valence-electron chi connectivity index (χ2n) is 7.62. The van der Waals surface area contributed by atoms with Crippen LogP contribution in [0.2, 0.25) is 0 Å². The SMILES string of the molecule is CCN(C(=O)C1CCC(C(=O)Nc2ccccc2C#N)CC1)c1cccc(C)c1. The second-order valence-corrected chi connectivity index (χ2v) is 7.62. The molecule has 0 aliphatic heterocycles. The highest BCUT2D eigenvalue weighted by Crippen LogP contribution is 2.32. The largest absolute Gasteiger partial charge is 0.325 e. The van der Waals surface area contributed by atoms with E-state index in [1.807, 2.05) is 43.0 Å². The van der Waals surface area contributed by atoms with Crippen LogP contribution < -0.4 is 10.2 Å². The van der Waals surface area contributed by atoms with Crippen molar-refractivity contribution in [3.05, 3.63) is 59.7 Å². The van der Waals surface area contributed by atoms with Gasteiger partial charge in [-0.3, -0.25) is 9.59 Å². The van der Waals surface area contributed by atoms with Crippen molar-refractivity contribution in [1.82, 2.24) is 0 Å². The first-order valence-corrected chi connectivity index (χ1v) is 10.2. The van der Waals surface area contributed by atoms with Gasteiger partial charge in [-0.05, 0) is 69.4 Å². The van der Waals surface area contributed by atoms with E-state index in [0.29, 0.717) is 43.5 Å².